The predicted molar refractivity (Wildman–Crippen MR) is 105 cm³/mol. The van der Waals surface area contributed by atoms with E-state index in [4.69, 9.17) is 10.6 Å². The SMILES string of the molecule is COc1c(N2CCC(C(=O)OC(=O)C(F)(F)F)C2)c(F)cc2c(=O)n(N)c(=O)n(C3CC3)c12. The molecule has 1 saturated carbocycles. The number of carbonyl (C=O) groups excluding carboxylic acids is 2. The van der Waals surface area contributed by atoms with Crippen molar-refractivity contribution in [3.05, 3.63) is 32.7 Å². The summed E-state index contributed by atoms with van der Waals surface area (Å²) in [6.07, 6.45) is -4.09. The molecule has 0 amide bonds. The van der Waals surface area contributed by atoms with Gasteiger partial charge in [0.1, 0.15) is 11.2 Å². The van der Waals surface area contributed by atoms with Crippen LogP contribution in [0.1, 0.15) is 25.3 Å². The average Bonchev–Trinajstić information content (AvgIpc) is 3.46. The minimum Gasteiger partial charge on any atom is -0.492 e. The number of esters is 2. The van der Waals surface area contributed by atoms with Crippen LogP contribution >= 0.6 is 0 Å². The number of ether oxygens (including phenoxy) is 2. The number of anilines is 1. The Bertz CT molecular complexity index is 1280. The normalized spacial score (nSPS) is 18.6. The molecule has 14 heteroatoms. The van der Waals surface area contributed by atoms with E-state index in [1.807, 2.05) is 0 Å². The molecule has 2 aliphatic rings. The van der Waals surface area contributed by atoms with Crippen LogP contribution in [0.2, 0.25) is 0 Å². The Morgan fingerprint density at radius 3 is 2.42 bits per heavy atom. The van der Waals surface area contributed by atoms with Gasteiger partial charge in [-0.25, -0.2) is 14.0 Å². The molecule has 2 aromatic rings. The molecule has 2 N–H and O–H groups in total. The van der Waals surface area contributed by atoms with Gasteiger partial charge in [0.15, 0.2) is 11.6 Å². The predicted octanol–water partition coefficient (Wildman–Crippen LogP) is 0.818. The van der Waals surface area contributed by atoms with Gasteiger partial charge < -0.3 is 20.2 Å². The Balaban J connectivity index is 1.76. The van der Waals surface area contributed by atoms with Gasteiger partial charge >= 0.3 is 23.8 Å². The number of alkyl halides is 3. The lowest BCUT2D eigenvalue weighted by Gasteiger charge is -2.24. The van der Waals surface area contributed by atoms with Crippen molar-refractivity contribution in [2.24, 2.45) is 5.92 Å². The molecule has 1 aromatic heterocycles. The van der Waals surface area contributed by atoms with E-state index in [0.717, 1.165) is 6.07 Å². The molecule has 178 valence electrons. The van der Waals surface area contributed by atoms with E-state index < -0.39 is 41.1 Å². The molecule has 1 atom stereocenters. The van der Waals surface area contributed by atoms with Crippen LogP contribution in [0.3, 0.4) is 0 Å². The topological polar surface area (TPSA) is 126 Å². The summed E-state index contributed by atoms with van der Waals surface area (Å²) < 4.78 is 63.2. The fourth-order valence-corrected chi connectivity index (χ4v) is 3.98. The summed E-state index contributed by atoms with van der Waals surface area (Å²) in [5.74, 6) is -0.649. The average molecular weight is 474 g/mol. The number of hydrogen-bond donors (Lipinski definition) is 1. The second-order valence-corrected chi connectivity index (χ2v) is 7.83. The highest BCUT2D eigenvalue weighted by Gasteiger charge is 2.44. The van der Waals surface area contributed by atoms with E-state index in [2.05, 4.69) is 4.74 Å². The maximum absolute atomic E-state index is 15.2. The van der Waals surface area contributed by atoms with Gasteiger partial charge in [0, 0.05) is 19.1 Å². The summed E-state index contributed by atoms with van der Waals surface area (Å²) in [6.45, 7) is -0.259. The van der Waals surface area contributed by atoms with E-state index in [1.54, 1.807) is 0 Å². The molecule has 1 aliphatic carbocycles. The van der Waals surface area contributed by atoms with E-state index in [0.29, 0.717) is 17.5 Å². The van der Waals surface area contributed by atoms with Gasteiger partial charge in [-0.05, 0) is 25.3 Å². The van der Waals surface area contributed by atoms with Crippen LogP contribution in [-0.2, 0) is 14.3 Å². The fraction of sp³-hybridized carbons (Fsp3) is 0.474. The van der Waals surface area contributed by atoms with E-state index in [1.165, 1.54) is 16.6 Å². The van der Waals surface area contributed by atoms with Crippen LogP contribution in [0.4, 0.5) is 23.2 Å². The first-order chi connectivity index (χ1) is 15.5. The number of carbonyl (C=O) groups is 2. The summed E-state index contributed by atoms with van der Waals surface area (Å²) in [5.41, 5.74) is -1.87. The molecule has 2 fully saturated rings. The Labute approximate surface area is 182 Å². The standard InChI is InChI=1S/C19H18F4N4O6/c1-32-14-12-10(15(28)27(24)18(31)26(12)9-2-3-9)6-11(20)13(14)25-5-4-8(7-25)16(29)33-17(30)19(21,22)23/h6,8-9H,2-5,7,24H2,1H3. The van der Waals surface area contributed by atoms with Crippen LogP contribution in [0.15, 0.2) is 15.7 Å². The Morgan fingerprint density at radius 2 is 1.85 bits per heavy atom. The number of methoxy groups -OCH3 is 1. The maximum Gasteiger partial charge on any atom is 0.491 e. The lowest BCUT2D eigenvalue weighted by Crippen LogP contribution is -2.44. The van der Waals surface area contributed by atoms with E-state index >= 15 is 4.39 Å². The molecule has 2 heterocycles. The van der Waals surface area contributed by atoms with Crippen molar-refractivity contribution in [2.75, 3.05) is 30.9 Å². The monoisotopic (exact) mass is 474 g/mol. The highest BCUT2D eigenvalue weighted by molar-refractivity contribution is 5.92. The van der Waals surface area contributed by atoms with Crippen LogP contribution in [0, 0.1) is 11.7 Å². The molecular weight excluding hydrogens is 456 g/mol. The highest BCUT2D eigenvalue weighted by Crippen LogP contribution is 2.43. The van der Waals surface area contributed by atoms with Crippen molar-refractivity contribution in [1.29, 1.82) is 0 Å². The van der Waals surface area contributed by atoms with Crippen LogP contribution in [-0.4, -0.2) is 47.6 Å². The lowest BCUT2D eigenvalue weighted by atomic mass is 10.1. The van der Waals surface area contributed by atoms with Crippen molar-refractivity contribution in [2.45, 2.75) is 31.5 Å². The van der Waals surface area contributed by atoms with Crippen LogP contribution < -0.4 is 26.7 Å². The maximum atomic E-state index is 15.2. The molecule has 1 aromatic carbocycles. The molecule has 0 radical (unpaired) electrons. The van der Waals surface area contributed by atoms with Crippen molar-refractivity contribution >= 4 is 28.5 Å². The number of nitrogens with two attached hydrogens (primary N) is 1. The molecule has 33 heavy (non-hydrogen) atoms. The quantitative estimate of drug-likeness (QED) is 0.299. The zero-order valence-electron chi connectivity index (χ0n) is 17.1. The molecule has 10 nitrogen and oxygen atoms in total. The Kier molecular flexibility index (Phi) is 5.33. The van der Waals surface area contributed by atoms with Gasteiger partial charge in [-0.3, -0.25) is 14.2 Å². The molecule has 0 bridgehead atoms. The minimum atomic E-state index is -5.33. The van der Waals surface area contributed by atoms with Gasteiger partial charge in [-0.2, -0.15) is 17.8 Å². The van der Waals surface area contributed by atoms with Gasteiger partial charge in [0.05, 0.1) is 18.4 Å². The lowest BCUT2D eigenvalue weighted by molar-refractivity contribution is -0.202. The number of benzene rings is 1. The van der Waals surface area contributed by atoms with E-state index in [9.17, 15) is 32.3 Å². The Hall–Kier alpha value is -3.58. The Morgan fingerprint density at radius 1 is 1.18 bits per heavy atom. The van der Waals surface area contributed by atoms with Crippen molar-refractivity contribution in [3.63, 3.8) is 0 Å². The van der Waals surface area contributed by atoms with Crippen LogP contribution in [0.25, 0.3) is 10.9 Å². The third-order valence-corrected chi connectivity index (χ3v) is 5.66. The highest BCUT2D eigenvalue weighted by atomic mass is 19.4. The molecule has 0 spiro atoms. The smallest absolute Gasteiger partial charge is 0.491 e. The second-order valence-electron chi connectivity index (χ2n) is 7.83. The minimum absolute atomic E-state index is 0.0143. The summed E-state index contributed by atoms with van der Waals surface area (Å²) in [6, 6.07) is 0.632. The van der Waals surface area contributed by atoms with Gasteiger partial charge in [0.25, 0.3) is 5.56 Å². The number of aromatic nitrogens is 2. The second kappa shape index (κ2) is 7.78. The zero-order valence-corrected chi connectivity index (χ0v) is 17.1. The number of halogens is 4. The van der Waals surface area contributed by atoms with Crippen molar-refractivity contribution in [3.8, 4) is 5.75 Å². The summed E-state index contributed by atoms with van der Waals surface area (Å²) >= 11 is 0. The summed E-state index contributed by atoms with van der Waals surface area (Å²) in [5, 5.41) is -0.187. The molecule has 1 aliphatic heterocycles. The first-order valence-corrected chi connectivity index (χ1v) is 9.86. The summed E-state index contributed by atoms with van der Waals surface area (Å²) in [4.78, 5) is 49.5. The van der Waals surface area contributed by atoms with Crippen LogP contribution in [0.5, 0.6) is 5.75 Å². The molecule has 1 saturated heterocycles. The number of hydrogen-bond acceptors (Lipinski definition) is 8. The zero-order chi connectivity index (χ0) is 24.2. The third kappa shape index (κ3) is 3.78. The molecule has 4 rings (SSSR count). The largest absolute Gasteiger partial charge is 0.492 e. The van der Waals surface area contributed by atoms with Gasteiger partial charge in [-0.1, -0.05) is 0 Å². The third-order valence-electron chi connectivity index (χ3n) is 5.66. The first-order valence-electron chi connectivity index (χ1n) is 9.86. The van der Waals surface area contributed by atoms with Crippen molar-refractivity contribution in [1.82, 2.24) is 9.24 Å². The van der Waals surface area contributed by atoms with Crippen molar-refractivity contribution < 1.29 is 36.6 Å². The fourth-order valence-electron chi connectivity index (χ4n) is 3.98. The van der Waals surface area contributed by atoms with Gasteiger partial charge in [0.2, 0.25) is 0 Å². The molecular formula is C19H18F4N4O6. The first kappa shape index (κ1) is 22.6. The van der Waals surface area contributed by atoms with E-state index in [-0.39, 0.29) is 47.9 Å². The summed E-state index contributed by atoms with van der Waals surface area (Å²) in [7, 11) is 1.21. The number of rotatable bonds is 4. The molecule has 1 unspecified atom stereocenters. The number of nitrogen functional groups attached to an aromatic ring is 1. The van der Waals surface area contributed by atoms with Gasteiger partial charge in [-0.15, -0.1) is 0 Å². The number of fused-ring (bicyclic) bond motifs is 1. The number of nitrogens with zero attached hydrogens (tertiary/aromatic N) is 3.